The molecule has 0 atom stereocenters. The van der Waals surface area contributed by atoms with Crippen LogP contribution < -0.4 is 4.90 Å². The van der Waals surface area contributed by atoms with E-state index < -0.39 is 0 Å². The molecule has 80 valence electrons. The number of hydrogen-bond donors (Lipinski definition) is 1. The van der Waals surface area contributed by atoms with Crippen LogP contribution in [0.3, 0.4) is 0 Å². The third-order valence-electron chi connectivity index (χ3n) is 2.25. The second-order valence-electron chi connectivity index (χ2n) is 3.58. The molecule has 0 bridgehead atoms. The first-order chi connectivity index (χ1) is 7.10. The van der Waals surface area contributed by atoms with E-state index in [-0.39, 0.29) is 0 Å². The van der Waals surface area contributed by atoms with Crippen LogP contribution in [0.5, 0.6) is 0 Å². The zero-order valence-electron chi connectivity index (χ0n) is 9.00. The summed E-state index contributed by atoms with van der Waals surface area (Å²) in [6.07, 6.45) is 2.74. The molecule has 2 nitrogen and oxygen atoms in total. The molecule has 0 saturated heterocycles. The van der Waals surface area contributed by atoms with Crippen molar-refractivity contribution in [1.82, 2.24) is 0 Å². The topological polar surface area (TPSA) is 27.1 Å². The van der Waals surface area contributed by atoms with Crippen LogP contribution in [0, 0.1) is 5.41 Å². The summed E-state index contributed by atoms with van der Waals surface area (Å²) in [4.78, 5) is 1.58. The zero-order valence-corrected chi connectivity index (χ0v) is 9.75. The molecule has 15 heavy (non-hydrogen) atoms. The average Bonchev–Trinajstić information content (AvgIpc) is 2.21. The third kappa shape index (κ3) is 2.60. The molecule has 0 aliphatic carbocycles. The number of benzene rings is 1. The maximum Gasteiger partial charge on any atom is 0.0903 e. The highest BCUT2D eigenvalue weighted by molar-refractivity contribution is 6.33. The normalized spacial score (nSPS) is 10.1. The van der Waals surface area contributed by atoms with Crippen molar-refractivity contribution in [1.29, 1.82) is 5.41 Å². The monoisotopic (exact) mass is 222 g/mol. The molecule has 0 aliphatic rings. The van der Waals surface area contributed by atoms with E-state index in [1.807, 2.05) is 18.2 Å². The van der Waals surface area contributed by atoms with E-state index in [1.165, 1.54) is 11.9 Å². The lowest BCUT2D eigenvalue weighted by Gasteiger charge is -2.16. The van der Waals surface area contributed by atoms with Gasteiger partial charge in [-0.15, -0.1) is 0 Å². The number of hydrogen-bond acceptors (Lipinski definition) is 1. The minimum atomic E-state index is 0.453. The minimum absolute atomic E-state index is 0.453. The van der Waals surface area contributed by atoms with Crippen molar-refractivity contribution in [3.05, 3.63) is 41.6 Å². The van der Waals surface area contributed by atoms with Crippen LogP contribution in [0.25, 0.3) is 0 Å². The van der Waals surface area contributed by atoms with Crippen molar-refractivity contribution in [3.63, 3.8) is 0 Å². The van der Waals surface area contributed by atoms with Gasteiger partial charge in [-0.25, -0.2) is 0 Å². The molecular weight excluding hydrogens is 208 g/mol. The summed E-state index contributed by atoms with van der Waals surface area (Å²) in [7, 11) is 0. The van der Waals surface area contributed by atoms with E-state index in [2.05, 4.69) is 20.4 Å². The van der Waals surface area contributed by atoms with Crippen molar-refractivity contribution < 1.29 is 0 Å². The van der Waals surface area contributed by atoms with Gasteiger partial charge in [-0.3, -0.25) is 5.41 Å². The predicted octanol–water partition coefficient (Wildman–Crippen LogP) is 4.02. The molecule has 0 aromatic heterocycles. The van der Waals surface area contributed by atoms with Gasteiger partial charge in [-0.1, -0.05) is 38.1 Å². The summed E-state index contributed by atoms with van der Waals surface area (Å²) in [6, 6.07) is 5.86. The first-order valence-electron chi connectivity index (χ1n) is 4.81. The Kier molecular flexibility index (Phi) is 3.92. The molecule has 0 radical (unpaired) electrons. The van der Waals surface area contributed by atoms with Gasteiger partial charge in [0.1, 0.15) is 0 Å². The van der Waals surface area contributed by atoms with Crippen LogP contribution in [0.2, 0.25) is 5.02 Å². The Bertz CT molecular complexity index is 364. The largest absolute Gasteiger partial charge is 0.307 e. The Morgan fingerprint density at radius 1 is 1.47 bits per heavy atom. The van der Waals surface area contributed by atoms with Crippen LogP contribution in [-0.4, -0.2) is 6.34 Å². The SMILES string of the molecule is C=CN(C=N)c1ccc(C(C)C)cc1Cl. The number of rotatable bonds is 4. The Balaban J connectivity index is 3.12. The molecule has 1 rings (SSSR count). The van der Waals surface area contributed by atoms with Crippen LogP contribution in [0.4, 0.5) is 5.69 Å². The summed E-state index contributed by atoms with van der Waals surface area (Å²) in [6.45, 7) is 7.86. The lowest BCUT2D eigenvalue weighted by atomic mass is 10.0. The fourth-order valence-electron chi connectivity index (χ4n) is 1.31. The lowest BCUT2D eigenvalue weighted by molar-refractivity contribution is 0.867. The Morgan fingerprint density at radius 3 is 2.53 bits per heavy atom. The summed E-state index contributed by atoms with van der Waals surface area (Å²) < 4.78 is 0. The van der Waals surface area contributed by atoms with Crippen molar-refractivity contribution in [2.24, 2.45) is 0 Å². The molecule has 0 fully saturated rings. The number of nitrogens with one attached hydrogen (secondary N) is 1. The fourth-order valence-corrected chi connectivity index (χ4v) is 1.60. The van der Waals surface area contributed by atoms with Crippen LogP contribution >= 0.6 is 11.6 Å². The van der Waals surface area contributed by atoms with Gasteiger partial charge in [0.2, 0.25) is 0 Å². The standard InChI is InChI=1S/C12H15ClN2/c1-4-15(8-14)12-6-5-10(9(2)3)7-11(12)13/h4-9,14H,1H2,2-3H3. The quantitative estimate of drug-likeness (QED) is 0.605. The Hall–Kier alpha value is -1.28. The van der Waals surface area contributed by atoms with Crippen LogP contribution in [0.15, 0.2) is 31.0 Å². The van der Waals surface area contributed by atoms with Crippen LogP contribution in [-0.2, 0) is 0 Å². The van der Waals surface area contributed by atoms with Gasteiger partial charge in [0, 0.05) is 6.20 Å². The fraction of sp³-hybridized carbons (Fsp3) is 0.250. The average molecular weight is 223 g/mol. The second kappa shape index (κ2) is 4.99. The molecule has 0 spiro atoms. The van der Waals surface area contributed by atoms with Crippen molar-refractivity contribution in [2.75, 3.05) is 4.90 Å². The third-order valence-corrected chi connectivity index (χ3v) is 2.56. The first kappa shape index (κ1) is 11.8. The van der Waals surface area contributed by atoms with Crippen molar-refractivity contribution in [2.45, 2.75) is 19.8 Å². The highest BCUT2D eigenvalue weighted by atomic mass is 35.5. The first-order valence-corrected chi connectivity index (χ1v) is 5.19. The highest BCUT2D eigenvalue weighted by Gasteiger charge is 2.07. The van der Waals surface area contributed by atoms with E-state index in [9.17, 15) is 0 Å². The zero-order chi connectivity index (χ0) is 11.4. The lowest BCUT2D eigenvalue weighted by Crippen LogP contribution is -2.12. The molecule has 1 N–H and O–H groups in total. The molecule has 0 heterocycles. The Labute approximate surface area is 95.7 Å². The van der Waals surface area contributed by atoms with Gasteiger partial charge in [-0.05, 0) is 23.6 Å². The van der Waals surface area contributed by atoms with E-state index in [0.29, 0.717) is 10.9 Å². The van der Waals surface area contributed by atoms with Gasteiger partial charge < -0.3 is 4.90 Å². The van der Waals surface area contributed by atoms with Gasteiger partial charge in [-0.2, -0.15) is 0 Å². The molecule has 1 aromatic rings. The van der Waals surface area contributed by atoms with E-state index in [0.717, 1.165) is 5.69 Å². The van der Waals surface area contributed by atoms with Gasteiger partial charge >= 0.3 is 0 Å². The van der Waals surface area contributed by atoms with Gasteiger partial charge in [0.05, 0.1) is 17.0 Å². The number of nitrogens with zero attached hydrogens (tertiary/aromatic N) is 1. The summed E-state index contributed by atoms with van der Waals surface area (Å²) >= 11 is 6.13. The number of anilines is 1. The smallest absolute Gasteiger partial charge is 0.0903 e. The minimum Gasteiger partial charge on any atom is -0.307 e. The molecule has 0 saturated carbocycles. The van der Waals surface area contributed by atoms with Crippen molar-refractivity contribution >= 4 is 23.6 Å². The van der Waals surface area contributed by atoms with Gasteiger partial charge in [0.15, 0.2) is 0 Å². The molecule has 0 unspecified atom stereocenters. The Morgan fingerprint density at radius 2 is 2.13 bits per heavy atom. The summed E-state index contributed by atoms with van der Waals surface area (Å²) in [5.74, 6) is 0.453. The highest BCUT2D eigenvalue weighted by Crippen LogP contribution is 2.28. The molecule has 0 aliphatic heterocycles. The maximum absolute atomic E-state index is 7.20. The predicted molar refractivity (Wildman–Crippen MR) is 67.0 cm³/mol. The van der Waals surface area contributed by atoms with E-state index >= 15 is 0 Å². The van der Waals surface area contributed by atoms with Gasteiger partial charge in [0.25, 0.3) is 0 Å². The molecule has 3 heteroatoms. The van der Waals surface area contributed by atoms with E-state index in [1.54, 1.807) is 11.1 Å². The van der Waals surface area contributed by atoms with E-state index in [4.69, 9.17) is 17.0 Å². The molecular formula is C12H15ClN2. The number of halogens is 1. The van der Waals surface area contributed by atoms with Crippen molar-refractivity contribution in [3.8, 4) is 0 Å². The van der Waals surface area contributed by atoms with Crippen LogP contribution in [0.1, 0.15) is 25.3 Å². The summed E-state index contributed by atoms with van der Waals surface area (Å²) in [5, 5.41) is 7.85. The summed E-state index contributed by atoms with van der Waals surface area (Å²) in [5.41, 5.74) is 1.98. The molecule has 1 aromatic carbocycles. The second-order valence-corrected chi connectivity index (χ2v) is 3.99. The maximum atomic E-state index is 7.20. The molecule has 0 amide bonds.